The number of rotatable bonds is 3. The number of aryl methyl sites for hydroxylation is 2. The molecule has 0 bridgehead atoms. The van der Waals surface area contributed by atoms with E-state index in [1.807, 2.05) is 0 Å². The summed E-state index contributed by atoms with van der Waals surface area (Å²) in [5.41, 5.74) is 5.11. The molecule has 20 heavy (non-hydrogen) atoms. The van der Waals surface area contributed by atoms with Crippen LogP contribution in [-0.4, -0.2) is 7.11 Å². The van der Waals surface area contributed by atoms with E-state index in [1.165, 1.54) is 16.7 Å². The topological polar surface area (TPSA) is 21.3 Å². The molecule has 1 aliphatic carbocycles. The molecule has 1 aliphatic rings. The van der Waals surface area contributed by atoms with E-state index in [9.17, 15) is 0 Å². The largest absolute Gasteiger partial charge is 0.495 e. The lowest BCUT2D eigenvalue weighted by Crippen LogP contribution is -2.08. The van der Waals surface area contributed by atoms with E-state index in [4.69, 9.17) is 4.74 Å². The van der Waals surface area contributed by atoms with Gasteiger partial charge in [-0.15, -0.1) is 0 Å². The van der Waals surface area contributed by atoms with Gasteiger partial charge in [-0.3, -0.25) is 0 Å². The second kappa shape index (κ2) is 5.49. The number of anilines is 1. The number of nitrogens with one attached hydrogen (secondary N) is 1. The molecule has 2 aromatic carbocycles. The Morgan fingerprint density at radius 2 is 2.05 bits per heavy atom. The van der Waals surface area contributed by atoms with Gasteiger partial charge in [-0.2, -0.15) is 0 Å². The van der Waals surface area contributed by atoms with Crippen LogP contribution in [0, 0.1) is 6.92 Å². The predicted molar refractivity (Wildman–Crippen MR) is 86.6 cm³/mol. The van der Waals surface area contributed by atoms with E-state index < -0.39 is 0 Å². The van der Waals surface area contributed by atoms with Crippen LogP contribution in [0.5, 0.6) is 5.75 Å². The van der Waals surface area contributed by atoms with Crippen LogP contribution in [-0.2, 0) is 6.42 Å². The van der Waals surface area contributed by atoms with Crippen LogP contribution < -0.4 is 10.1 Å². The maximum absolute atomic E-state index is 5.47. The molecule has 1 N–H and O–H groups in total. The molecule has 0 heterocycles. The molecule has 3 rings (SSSR count). The molecule has 0 aliphatic heterocycles. The Morgan fingerprint density at radius 3 is 2.85 bits per heavy atom. The molecule has 0 saturated carbocycles. The van der Waals surface area contributed by atoms with Crippen LogP contribution in [0.1, 0.15) is 29.2 Å². The van der Waals surface area contributed by atoms with Crippen molar-refractivity contribution in [3.8, 4) is 5.75 Å². The molecule has 0 aromatic heterocycles. The summed E-state index contributed by atoms with van der Waals surface area (Å²) in [5, 5.41) is 3.62. The Balaban J connectivity index is 1.87. The van der Waals surface area contributed by atoms with Crippen molar-refractivity contribution in [1.82, 2.24) is 0 Å². The fraction of sp³-hybridized carbons (Fsp3) is 0.294. The first-order valence-corrected chi connectivity index (χ1v) is 7.66. The Morgan fingerprint density at radius 1 is 1.20 bits per heavy atom. The third-order valence-corrected chi connectivity index (χ3v) is 4.36. The van der Waals surface area contributed by atoms with Gasteiger partial charge in [0.1, 0.15) is 5.75 Å². The van der Waals surface area contributed by atoms with E-state index in [2.05, 4.69) is 64.6 Å². The minimum atomic E-state index is 0.370. The number of fused-ring (bicyclic) bond motifs is 1. The van der Waals surface area contributed by atoms with Crippen LogP contribution >= 0.6 is 15.9 Å². The van der Waals surface area contributed by atoms with Gasteiger partial charge >= 0.3 is 0 Å². The summed E-state index contributed by atoms with van der Waals surface area (Å²) in [4.78, 5) is 0. The number of benzene rings is 2. The van der Waals surface area contributed by atoms with Crippen LogP contribution in [0.15, 0.2) is 40.9 Å². The third kappa shape index (κ3) is 2.55. The molecule has 104 valence electrons. The van der Waals surface area contributed by atoms with E-state index in [0.717, 1.165) is 28.8 Å². The zero-order chi connectivity index (χ0) is 14.1. The molecule has 2 aromatic rings. The monoisotopic (exact) mass is 331 g/mol. The summed E-state index contributed by atoms with van der Waals surface area (Å²) in [6.07, 6.45) is 2.25. The highest BCUT2D eigenvalue weighted by molar-refractivity contribution is 9.10. The second-order valence-corrected chi connectivity index (χ2v) is 6.20. The van der Waals surface area contributed by atoms with Gasteiger partial charge in [0.25, 0.3) is 0 Å². The minimum Gasteiger partial charge on any atom is -0.495 e. The van der Waals surface area contributed by atoms with Crippen LogP contribution in [0.2, 0.25) is 0 Å². The number of methoxy groups -OCH3 is 1. The molecule has 0 spiro atoms. The lowest BCUT2D eigenvalue weighted by Gasteiger charge is -2.18. The maximum atomic E-state index is 5.47. The van der Waals surface area contributed by atoms with E-state index in [0.29, 0.717) is 6.04 Å². The fourth-order valence-corrected chi connectivity index (χ4v) is 3.25. The zero-order valence-electron chi connectivity index (χ0n) is 11.7. The number of halogens is 1. The SMILES string of the molecule is COc1cc(C)ccc1NC1CCc2cc(Br)ccc21. The Bertz CT molecular complexity index is 639. The van der Waals surface area contributed by atoms with Crippen molar-refractivity contribution in [3.63, 3.8) is 0 Å². The molecule has 1 unspecified atom stereocenters. The summed E-state index contributed by atoms with van der Waals surface area (Å²) in [6.45, 7) is 2.08. The predicted octanol–water partition coefficient (Wildman–Crippen LogP) is 4.87. The van der Waals surface area contributed by atoms with Crippen molar-refractivity contribution < 1.29 is 4.74 Å². The average molecular weight is 332 g/mol. The second-order valence-electron chi connectivity index (χ2n) is 5.28. The number of ether oxygens (including phenoxy) is 1. The summed E-state index contributed by atoms with van der Waals surface area (Å²) in [5.74, 6) is 0.913. The lowest BCUT2D eigenvalue weighted by atomic mass is 10.1. The lowest BCUT2D eigenvalue weighted by molar-refractivity contribution is 0.415. The molecule has 1 atom stereocenters. The first-order valence-electron chi connectivity index (χ1n) is 6.87. The Hall–Kier alpha value is -1.48. The van der Waals surface area contributed by atoms with Crippen molar-refractivity contribution >= 4 is 21.6 Å². The minimum absolute atomic E-state index is 0.370. The summed E-state index contributed by atoms with van der Waals surface area (Å²) in [6, 6.07) is 13.2. The van der Waals surface area contributed by atoms with E-state index in [-0.39, 0.29) is 0 Å². The first-order chi connectivity index (χ1) is 9.67. The zero-order valence-corrected chi connectivity index (χ0v) is 13.3. The van der Waals surface area contributed by atoms with Gasteiger partial charge in [0.15, 0.2) is 0 Å². The maximum Gasteiger partial charge on any atom is 0.142 e. The molecule has 2 nitrogen and oxygen atoms in total. The smallest absolute Gasteiger partial charge is 0.142 e. The summed E-state index contributed by atoms with van der Waals surface area (Å²) in [7, 11) is 1.72. The van der Waals surface area contributed by atoms with Crippen molar-refractivity contribution in [2.75, 3.05) is 12.4 Å². The number of hydrogen-bond donors (Lipinski definition) is 1. The van der Waals surface area contributed by atoms with E-state index in [1.54, 1.807) is 7.11 Å². The van der Waals surface area contributed by atoms with Gasteiger partial charge in [0, 0.05) is 4.47 Å². The molecule has 0 saturated heterocycles. The summed E-state index contributed by atoms with van der Waals surface area (Å²) < 4.78 is 6.63. The highest BCUT2D eigenvalue weighted by Gasteiger charge is 2.23. The van der Waals surface area contributed by atoms with Crippen molar-refractivity contribution in [3.05, 3.63) is 57.6 Å². The van der Waals surface area contributed by atoms with Gasteiger partial charge in [0.05, 0.1) is 18.8 Å². The molecule has 0 fully saturated rings. The molecular weight excluding hydrogens is 314 g/mol. The Labute approximate surface area is 128 Å². The quantitative estimate of drug-likeness (QED) is 0.866. The Kier molecular flexibility index (Phi) is 3.70. The van der Waals surface area contributed by atoms with Gasteiger partial charge in [-0.05, 0) is 60.7 Å². The van der Waals surface area contributed by atoms with E-state index >= 15 is 0 Å². The van der Waals surface area contributed by atoms with Crippen molar-refractivity contribution in [2.24, 2.45) is 0 Å². The molecule has 0 amide bonds. The van der Waals surface area contributed by atoms with Gasteiger partial charge in [0.2, 0.25) is 0 Å². The standard InChI is InChI=1S/C17H18BrNO/c1-11-3-7-16(17(9-11)20-2)19-15-8-4-12-10-13(18)5-6-14(12)15/h3,5-7,9-10,15,19H,4,8H2,1-2H3. The van der Waals surface area contributed by atoms with Crippen molar-refractivity contribution in [2.45, 2.75) is 25.8 Å². The van der Waals surface area contributed by atoms with Crippen molar-refractivity contribution in [1.29, 1.82) is 0 Å². The average Bonchev–Trinajstić information content (AvgIpc) is 2.83. The molecular formula is C17H18BrNO. The first kappa shape index (κ1) is 13.5. The third-order valence-electron chi connectivity index (χ3n) is 3.87. The van der Waals surface area contributed by atoms with Gasteiger partial charge in [-0.1, -0.05) is 28.1 Å². The summed E-state index contributed by atoms with van der Waals surface area (Å²) >= 11 is 3.54. The highest BCUT2D eigenvalue weighted by Crippen LogP contribution is 2.37. The van der Waals surface area contributed by atoms with Gasteiger partial charge in [-0.25, -0.2) is 0 Å². The molecule has 0 radical (unpaired) electrons. The fourth-order valence-electron chi connectivity index (χ4n) is 2.84. The highest BCUT2D eigenvalue weighted by atomic mass is 79.9. The molecule has 3 heteroatoms. The van der Waals surface area contributed by atoms with Crippen LogP contribution in [0.4, 0.5) is 5.69 Å². The van der Waals surface area contributed by atoms with Gasteiger partial charge < -0.3 is 10.1 Å². The van der Waals surface area contributed by atoms with Crippen LogP contribution in [0.25, 0.3) is 0 Å². The van der Waals surface area contributed by atoms with Crippen LogP contribution in [0.3, 0.4) is 0 Å². The number of hydrogen-bond acceptors (Lipinski definition) is 2. The normalized spacial score (nSPS) is 16.9.